The Balaban J connectivity index is 1.82. The van der Waals surface area contributed by atoms with Gasteiger partial charge in [-0.25, -0.2) is 13.8 Å². The van der Waals surface area contributed by atoms with E-state index >= 15 is 0 Å². The Morgan fingerprint density at radius 3 is 2.31 bits per heavy atom. The van der Waals surface area contributed by atoms with Gasteiger partial charge in [0.05, 0.1) is 26.8 Å². The van der Waals surface area contributed by atoms with Crippen LogP contribution >= 0.6 is 23.2 Å². The Labute approximate surface area is 197 Å². The molecule has 3 rings (SSSR count). The summed E-state index contributed by atoms with van der Waals surface area (Å²) in [6.07, 6.45) is 2.21. The van der Waals surface area contributed by atoms with Gasteiger partial charge >= 0.3 is 0 Å². The summed E-state index contributed by atoms with van der Waals surface area (Å²) in [7, 11) is -3.97. The molecule has 0 unspecified atom stereocenters. The van der Waals surface area contributed by atoms with Crippen LogP contribution in [0.4, 0.5) is 5.69 Å². The van der Waals surface area contributed by atoms with E-state index in [1.54, 1.807) is 48.5 Å². The van der Waals surface area contributed by atoms with Gasteiger partial charge in [-0.15, -0.1) is 0 Å². The highest BCUT2D eigenvalue weighted by Gasteiger charge is 2.27. The molecule has 0 aliphatic heterocycles. The molecular formula is C23H21Cl2N3O3S. The van der Waals surface area contributed by atoms with Gasteiger partial charge in [0, 0.05) is 0 Å². The average Bonchev–Trinajstić information content (AvgIpc) is 2.80. The number of carbonyl (C=O) groups is 1. The van der Waals surface area contributed by atoms with E-state index in [1.807, 2.05) is 19.1 Å². The van der Waals surface area contributed by atoms with Crippen molar-refractivity contribution in [1.82, 2.24) is 5.43 Å². The summed E-state index contributed by atoms with van der Waals surface area (Å²) in [5, 5.41) is 4.66. The first-order chi connectivity index (χ1) is 15.3. The minimum Gasteiger partial charge on any atom is -0.271 e. The number of hydrogen-bond donors (Lipinski definition) is 1. The van der Waals surface area contributed by atoms with Crippen molar-refractivity contribution in [3.63, 3.8) is 0 Å². The molecule has 3 aromatic rings. The minimum absolute atomic E-state index is 0.0895. The summed E-state index contributed by atoms with van der Waals surface area (Å²) >= 11 is 11.9. The number of nitrogens with one attached hydrogen (secondary N) is 1. The largest absolute Gasteiger partial charge is 0.271 e. The third-order valence-electron chi connectivity index (χ3n) is 4.60. The Morgan fingerprint density at radius 2 is 1.69 bits per heavy atom. The summed E-state index contributed by atoms with van der Waals surface area (Å²) in [6.45, 7) is 1.56. The Kier molecular flexibility index (Phi) is 7.90. The average molecular weight is 490 g/mol. The van der Waals surface area contributed by atoms with Crippen LogP contribution in [0.25, 0.3) is 0 Å². The number of halogens is 2. The number of carbonyl (C=O) groups excluding carboxylic acids is 1. The van der Waals surface area contributed by atoms with Crippen LogP contribution in [0.15, 0.2) is 82.8 Å². The van der Waals surface area contributed by atoms with Crippen molar-refractivity contribution in [2.75, 3.05) is 10.8 Å². The molecule has 0 heterocycles. The van der Waals surface area contributed by atoms with Crippen LogP contribution in [-0.4, -0.2) is 27.1 Å². The summed E-state index contributed by atoms with van der Waals surface area (Å²) in [6, 6.07) is 19.9. The number of hydrazone groups is 1. The molecule has 6 nitrogen and oxygen atoms in total. The summed E-state index contributed by atoms with van der Waals surface area (Å²) in [5.41, 5.74) is 4.43. The molecule has 1 amide bonds. The molecule has 3 aromatic carbocycles. The first-order valence-corrected chi connectivity index (χ1v) is 11.9. The summed E-state index contributed by atoms with van der Waals surface area (Å²) in [5.74, 6) is -0.597. The van der Waals surface area contributed by atoms with Crippen molar-refractivity contribution in [3.05, 3.63) is 94.0 Å². The van der Waals surface area contributed by atoms with E-state index in [1.165, 1.54) is 18.3 Å². The molecular weight excluding hydrogens is 469 g/mol. The number of sulfonamides is 1. The number of nitrogens with zero attached hydrogens (tertiary/aromatic N) is 2. The van der Waals surface area contributed by atoms with Crippen LogP contribution in [0.2, 0.25) is 10.0 Å². The monoisotopic (exact) mass is 489 g/mol. The van der Waals surface area contributed by atoms with Crippen LogP contribution in [0, 0.1) is 0 Å². The fourth-order valence-corrected chi connectivity index (χ4v) is 4.62. The number of hydrogen-bond acceptors (Lipinski definition) is 4. The van der Waals surface area contributed by atoms with E-state index in [0.717, 1.165) is 16.3 Å². The first kappa shape index (κ1) is 23.8. The predicted octanol–water partition coefficient (Wildman–Crippen LogP) is 4.90. The highest BCUT2D eigenvalue weighted by atomic mass is 35.5. The van der Waals surface area contributed by atoms with Gasteiger partial charge in [-0.2, -0.15) is 5.10 Å². The zero-order valence-electron chi connectivity index (χ0n) is 17.2. The lowest BCUT2D eigenvalue weighted by molar-refractivity contribution is -0.119. The molecule has 0 spiro atoms. The standard InChI is InChI=1S/C23H21Cl2N3O3S/c1-2-17-8-11-19(12-9-17)28(32(30,31)20-6-4-3-5-7-20)16-23(29)27-26-15-18-10-13-21(24)22(25)14-18/h3-15H,2,16H2,1H3,(H,27,29)/b26-15-. The van der Waals surface area contributed by atoms with Crippen molar-refractivity contribution in [1.29, 1.82) is 0 Å². The maximum Gasteiger partial charge on any atom is 0.264 e. The van der Waals surface area contributed by atoms with E-state index in [-0.39, 0.29) is 4.90 Å². The topological polar surface area (TPSA) is 78.8 Å². The molecule has 0 aromatic heterocycles. The zero-order chi connectivity index (χ0) is 23.1. The third-order valence-corrected chi connectivity index (χ3v) is 7.12. The second-order valence-corrected chi connectivity index (χ2v) is 9.49. The zero-order valence-corrected chi connectivity index (χ0v) is 19.5. The molecule has 0 radical (unpaired) electrons. The molecule has 166 valence electrons. The smallest absolute Gasteiger partial charge is 0.264 e. The van der Waals surface area contributed by atoms with Gasteiger partial charge < -0.3 is 0 Å². The van der Waals surface area contributed by atoms with E-state index in [9.17, 15) is 13.2 Å². The molecule has 0 saturated heterocycles. The van der Waals surface area contributed by atoms with Crippen LogP contribution < -0.4 is 9.73 Å². The molecule has 0 aliphatic rings. The number of benzene rings is 3. The predicted molar refractivity (Wildman–Crippen MR) is 129 cm³/mol. The van der Waals surface area contributed by atoms with Crippen molar-refractivity contribution in [2.24, 2.45) is 5.10 Å². The van der Waals surface area contributed by atoms with Crippen LogP contribution in [0.5, 0.6) is 0 Å². The lowest BCUT2D eigenvalue weighted by Crippen LogP contribution is -2.39. The fraction of sp³-hybridized carbons (Fsp3) is 0.130. The minimum atomic E-state index is -3.97. The second-order valence-electron chi connectivity index (χ2n) is 6.81. The van der Waals surface area contributed by atoms with E-state index in [2.05, 4.69) is 10.5 Å². The summed E-state index contributed by atoms with van der Waals surface area (Å²) in [4.78, 5) is 12.7. The molecule has 9 heteroatoms. The quantitative estimate of drug-likeness (QED) is 0.360. The van der Waals surface area contributed by atoms with Crippen molar-refractivity contribution >= 4 is 51.0 Å². The lowest BCUT2D eigenvalue weighted by atomic mass is 10.1. The third kappa shape index (κ3) is 5.88. The van der Waals surface area contributed by atoms with Crippen LogP contribution in [-0.2, 0) is 21.2 Å². The van der Waals surface area contributed by atoms with Gasteiger partial charge in [0.1, 0.15) is 6.54 Å². The molecule has 0 atom stereocenters. The molecule has 0 aliphatic carbocycles. The highest BCUT2D eigenvalue weighted by molar-refractivity contribution is 7.92. The SMILES string of the molecule is CCc1ccc(N(CC(=O)N/N=C\c2ccc(Cl)c(Cl)c2)S(=O)(=O)c2ccccc2)cc1. The maximum absolute atomic E-state index is 13.3. The Bertz CT molecular complexity index is 1210. The Morgan fingerprint density at radius 1 is 1.00 bits per heavy atom. The number of anilines is 1. The van der Waals surface area contributed by atoms with Gasteiger partial charge in [0.2, 0.25) is 0 Å². The highest BCUT2D eigenvalue weighted by Crippen LogP contribution is 2.24. The molecule has 1 N–H and O–H groups in total. The van der Waals surface area contributed by atoms with Crippen LogP contribution in [0.3, 0.4) is 0 Å². The van der Waals surface area contributed by atoms with E-state index in [4.69, 9.17) is 23.2 Å². The van der Waals surface area contributed by atoms with Gasteiger partial charge in [0.25, 0.3) is 15.9 Å². The van der Waals surface area contributed by atoms with Crippen molar-refractivity contribution in [2.45, 2.75) is 18.2 Å². The van der Waals surface area contributed by atoms with Gasteiger partial charge in [-0.1, -0.05) is 66.5 Å². The van der Waals surface area contributed by atoms with Gasteiger partial charge in [0.15, 0.2) is 0 Å². The lowest BCUT2D eigenvalue weighted by Gasteiger charge is -2.24. The van der Waals surface area contributed by atoms with Crippen LogP contribution in [0.1, 0.15) is 18.1 Å². The van der Waals surface area contributed by atoms with Gasteiger partial charge in [-0.05, 0) is 53.9 Å². The van der Waals surface area contributed by atoms with E-state index in [0.29, 0.717) is 21.3 Å². The normalized spacial score (nSPS) is 11.5. The first-order valence-electron chi connectivity index (χ1n) is 9.75. The molecule has 0 saturated carbocycles. The molecule has 0 bridgehead atoms. The number of aryl methyl sites for hydroxylation is 1. The summed E-state index contributed by atoms with van der Waals surface area (Å²) < 4.78 is 27.6. The fourth-order valence-electron chi connectivity index (χ4n) is 2.87. The second kappa shape index (κ2) is 10.6. The molecule has 32 heavy (non-hydrogen) atoms. The Hall–Kier alpha value is -2.87. The number of rotatable bonds is 8. The maximum atomic E-state index is 13.3. The van der Waals surface area contributed by atoms with E-state index < -0.39 is 22.5 Å². The number of amides is 1. The molecule has 0 fully saturated rings. The van der Waals surface area contributed by atoms with Gasteiger partial charge in [-0.3, -0.25) is 9.10 Å². The van der Waals surface area contributed by atoms with Crippen molar-refractivity contribution in [3.8, 4) is 0 Å². The van der Waals surface area contributed by atoms with Crippen molar-refractivity contribution < 1.29 is 13.2 Å².